The lowest BCUT2D eigenvalue weighted by Crippen LogP contribution is -2.27. The van der Waals surface area contributed by atoms with E-state index in [4.69, 9.17) is 5.11 Å². The summed E-state index contributed by atoms with van der Waals surface area (Å²) in [6, 6.07) is 9.89. The Morgan fingerprint density at radius 3 is 2.59 bits per heavy atom. The summed E-state index contributed by atoms with van der Waals surface area (Å²) in [6.07, 6.45) is -0.0326. The number of thioether (sulfide) groups is 1. The van der Waals surface area contributed by atoms with E-state index < -0.39 is 5.97 Å². The van der Waals surface area contributed by atoms with E-state index in [2.05, 4.69) is 5.32 Å². The van der Waals surface area contributed by atoms with E-state index in [1.165, 1.54) is 17.3 Å². The molecule has 4 nitrogen and oxygen atoms in total. The van der Waals surface area contributed by atoms with Gasteiger partial charge in [-0.2, -0.15) is 0 Å². The van der Waals surface area contributed by atoms with Crippen molar-refractivity contribution in [2.75, 3.05) is 12.3 Å². The van der Waals surface area contributed by atoms with Crippen LogP contribution in [0.25, 0.3) is 0 Å². The molecular weight excluding hydrogens is 238 g/mol. The molecule has 0 radical (unpaired) electrons. The van der Waals surface area contributed by atoms with Crippen molar-refractivity contribution in [3.05, 3.63) is 35.9 Å². The smallest absolute Gasteiger partial charge is 0.305 e. The first-order valence-corrected chi connectivity index (χ1v) is 6.44. The molecule has 0 spiro atoms. The lowest BCUT2D eigenvalue weighted by Gasteiger charge is -2.03. The number of carboxylic acids is 1. The second-order valence-electron chi connectivity index (χ2n) is 3.47. The summed E-state index contributed by atoms with van der Waals surface area (Å²) >= 11 is 1.51. The van der Waals surface area contributed by atoms with Gasteiger partial charge in [0.2, 0.25) is 5.91 Å². The van der Waals surface area contributed by atoms with Gasteiger partial charge in [0, 0.05) is 12.3 Å². The maximum Gasteiger partial charge on any atom is 0.305 e. The second-order valence-corrected chi connectivity index (χ2v) is 4.46. The van der Waals surface area contributed by atoms with Gasteiger partial charge in [0.25, 0.3) is 0 Å². The summed E-state index contributed by atoms with van der Waals surface area (Å²) in [5.74, 6) is 0.122. The van der Waals surface area contributed by atoms with Crippen LogP contribution in [0.1, 0.15) is 12.0 Å². The molecule has 0 heterocycles. The summed E-state index contributed by atoms with van der Waals surface area (Å²) in [4.78, 5) is 21.5. The fraction of sp³-hybridized carbons (Fsp3) is 0.333. The van der Waals surface area contributed by atoms with Crippen LogP contribution in [-0.2, 0) is 15.3 Å². The topological polar surface area (TPSA) is 66.4 Å². The van der Waals surface area contributed by atoms with Crippen molar-refractivity contribution in [1.29, 1.82) is 0 Å². The van der Waals surface area contributed by atoms with Crippen molar-refractivity contribution in [2.45, 2.75) is 12.2 Å². The zero-order valence-corrected chi connectivity index (χ0v) is 10.2. The van der Waals surface area contributed by atoms with E-state index >= 15 is 0 Å². The maximum atomic E-state index is 11.3. The van der Waals surface area contributed by atoms with E-state index in [1.54, 1.807) is 0 Å². The number of rotatable bonds is 7. The number of benzene rings is 1. The average molecular weight is 253 g/mol. The van der Waals surface area contributed by atoms with Crippen molar-refractivity contribution in [1.82, 2.24) is 5.32 Å². The molecule has 0 atom stereocenters. The number of carbonyl (C=O) groups excluding carboxylic acids is 1. The predicted octanol–water partition coefficient (Wildman–Crippen LogP) is 1.51. The molecule has 1 aromatic rings. The molecule has 2 N–H and O–H groups in total. The number of hydrogen-bond acceptors (Lipinski definition) is 3. The highest BCUT2D eigenvalue weighted by molar-refractivity contribution is 7.99. The summed E-state index contributed by atoms with van der Waals surface area (Å²) in [5.41, 5.74) is 1.18. The molecule has 17 heavy (non-hydrogen) atoms. The maximum absolute atomic E-state index is 11.3. The zero-order valence-electron chi connectivity index (χ0n) is 9.39. The van der Waals surface area contributed by atoms with Gasteiger partial charge in [-0.05, 0) is 5.56 Å². The molecule has 92 valence electrons. The zero-order chi connectivity index (χ0) is 12.5. The number of hydrogen-bond donors (Lipinski definition) is 2. The van der Waals surface area contributed by atoms with Crippen LogP contribution >= 0.6 is 11.8 Å². The molecule has 0 saturated carbocycles. The molecule has 0 aliphatic heterocycles. The van der Waals surface area contributed by atoms with Gasteiger partial charge in [-0.25, -0.2) is 0 Å². The standard InChI is InChI=1S/C12H15NO3S/c14-11(13-7-6-12(15)16)9-17-8-10-4-2-1-3-5-10/h1-5H,6-9H2,(H,13,14)(H,15,16). The van der Waals surface area contributed by atoms with Gasteiger partial charge in [-0.3, -0.25) is 9.59 Å². The summed E-state index contributed by atoms with van der Waals surface area (Å²) in [5, 5.41) is 11.0. The van der Waals surface area contributed by atoms with Crippen LogP contribution in [0.15, 0.2) is 30.3 Å². The minimum absolute atomic E-state index is 0.0326. The summed E-state index contributed by atoms with van der Waals surface area (Å²) in [6.45, 7) is 0.195. The monoisotopic (exact) mass is 253 g/mol. The molecule has 1 aromatic carbocycles. The fourth-order valence-corrected chi connectivity index (χ4v) is 2.01. The molecule has 0 fully saturated rings. The van der Waals surface area contributed by atoms with Gasteiger partial charge in [0.05, 0.1) is 12.2 Å². The highest BCUT2D eigenvalue weighted by Crippen LogP contribution is 2.10. The molecule has 1 amide bonds. The van der Waals surface area contributed by atoms with Gasteiger partial charge in [-0.15, -0.1) is 11.8 Å². The van der Waals surface area contributed by atoms with E-state index in [-0.39, 0.29) is 18.9 Å². The third-order valence-electron chi connectivity index (χ3n) is 2.01. The van der Waals surface area contributed by atoms with Gasteiger partial charge in [0.15, 0.2) is 0 Å². The van der Waals surface area contributed by atoms with Gasteiger partial charge >= 0.3 is 5.97 Å². The minimum Gasteiger partial charge on any atom is -0.481 e. The van der Waals surface area contributed by atoms with Crippen LogP contribution in [0.5, 0.6) is 0 Å². The Labute approximate surface area is 104 Å². The van der Waals surface area contributed by atoms with E-state index in [0.717, 1.165) is 5.75 Å². The fourth-order valence-electron chi connectivity index (χ4n) is 1.20. The Morgan fingerprint density at radius 1 is 1.24 bits per heavy atom. The largest absolute Gasteiger partial charge is 0.481 e. The van der Waals surface area contributed by atoms with Gasteiger partial charge in [-0.1, -0.05) is 30.3 Å². The van der Waals surface area contributed by atoms with Crippen molar-refractivity contribution < 1.29 is 14.7 Å². The van der Waals surface area contributed by atoms with Crippen LogP contribution in [0.4, 0.5) is 0 Å². The first kappa shape index (κ1) is 13.6. The van der Waals surface area contributed by atoms with Crippen LogP contribution in [0, 0.1) is 0 Å². The molecule has 0 bridgehead atoms. The number of carbonyl (C=O) groups is 2. The Bertz CT molecular complexity index is 367. The van der Waals surface area contributed by atoms with Crippen molar-refractivity contribution in [3.63, 3.8) is 0 Å². The number of carboxylic acid groups (broad SMARTS) is 1. The highest BCUT2D eigenvalue weighted by atomic mass is 32.2. The van der Waals surface area contributed by atoms with Gasteiger partial charge < -0.3 is 10.4 Å². The number of aliphatic carboxylic acids is 1. The molecule has 0 aliphatic rings. The quantitative estimate of drug-likeness (QED) is 0.773. The Balaban J connectivity index is 2.10. The first-order valence-electron chi connectivity index (χ1n) is 5.28. The molecular formula is C12H15NO3S. The lowest BCUT2D eigenvalue weighted by molar-refractivity contribution is -0.136. The van der Waals surface area contributed by atoms with Crippen molar-refractivity contribution in [3.8, 4) is 0 Å². The Morgan fingerprint density at radius 2 is 1.94 bits per heavy atom. The normalized spacial score (nSPS) is 9.88. The molecule has 0 aliphatic carbocycles. The molecule has 0 aromatic heterocycles. The van der Waals surface area contributed by atoms with Gasteiger partial charge in [0.1, 0.15) is 0 Å². The number of amides is 1. The first-order chi connectivity index (χ1) is 8.18. The molecule has 0 unspecified atom stereocenters. The van der Waals surface area contributed by atoms with E-state index in [9.17, 15) is 9.59 Å². The molecule has 5 heteroatoms. The van der Waals surface area contributed by atoms with Crippen LogP contribution < -0.4 is 5.32 Å². The van der Waals surface area contributed by atoms with Crippen LogP contribution in [0.2, 0.25) is 0 Å². The van der Waals surface area contributed by atoms with E-state index in [0.29, 0.717) is 5.75 Å². The van der Waals surface area contributed by atoms with Crippen LogP contribution in [-0.4, -0.2) is 29.3 Å². The SMILES string of the molecule is O=C(O)CCNC(=O)CSCc1ccccc1. The van der Waals surface area contributed by atoms with Crippen molar-refractivity contribution in [2.24, 2.45) is 0 Å². The minimum atomic E-state index is -0.901. The van der Waals surface area contributed by atoms with E-state index in [1.807, 2.05) is 30.3 Å². The third kappa shape index (κ3) is 6.63. The van der Waals surface area contributed by atoms with Crippen molar-refractivity contribution >= 4 is 23.6 Å². The summed E-state index contributed by atoms with van der Waals surface area (Å²) < 4.78 is 0. The molecule has 1 rings (SSSR count). The third-order valence-corrected chi connectivity index (χ3v) is 3.01. The average Bonchev–Trinajstić information content (AvgIpc) is 2.30. The highest BCUT2D eigenvalue weighted by Gasteiger charge is 2.02. The Hall–Kier alpha value is -1.49. The predicted molar refractivity (Wildman–Crippen MR) is 67.9 cm³/mol. The number of nitrogens with one attached hydrogen (secondary N) is 1. The summed E-state index contributed by atoms with van der Waals surface area (Å²) in [7, 11) is 0. The second kappa shape index (κ2) is 7.73. The van der Waals surface area contributed by atoms with Crippen LogP contribution in [0.3, 0.4) is 0 Å². The lowest BCUT2D eigenvalue weighted by atomic mass is 10.2. The Kier molecular flexibility index (Phi) is 6.17. The molecule has 0 saturated heterocycles.